The molecule has 2 aromatic heterocycles. The average molecular weight is 619 g/mol. The van der Waals surface area contributed by atoms with Crippen LogP contribution >= 0.6 is 15.6 Å². The van der Waals surface area contributed by atoms with Gasteiger partial charge in [0.15, 0.2) is 24.0 Å². The van der Waals surface area contributed by atoms with Crippen molar-refractivity contribution in [3.8, 4) is 0 Å². The first-order valence-electron chi connectivity index (χ1n) is 11.6. The Morgan fingerprint density at radius 3 is 2.38 bits per heavy atom. The molecule has 20 nitrogen and oxygen atoms in total. The smallest absolute Gasteiger partial charge is 0.396 e. The van der Waals surface area contributed by atoms with Crippen LogP contribution in [0.15, 0.2) is 12.7 Å². The van der Waals surface area contributed by atoms with E-state index >= 15 is 0 Å². The number of phosphoric ester groups is 2. The van der Waals surface area contributed by atoms with Gasteiger partial charge in [0.2, 0.25) is 0 Å². The van der Waals surface area contributed by atoms with Gasteiger partial charge in [0.05, 0.1) is 19.0 Å². The van der Waals surface area contributed by atoms with Crippen molar-refractivity contribution in [3.05, 3.63) is 12.7 Å². The van der Waals surface area contributed by atoms with Crippen molar-refractivity contribution < 1.29 is 72.8 Å². The lowest BCUT2D eigenvalue weighted by molar-refractivity contribution is -0.176. The van der Waals surface area contributed by atoms with E-state index in [1.807, 2.05) is 0 Å². The number of nitrogens with zero attached hydrogens (tertiary/aromatic N) is 4. The SMILES string of the molecule is CC(CCO)C(O)C(O)C(O)C(O)OP(=O)(O)OP(=O)(O)OCC1OC(n2cnc3c(N)ncnc32)C(O)C1O. The number of anilines is 1. The summed E-state index contributed by atoms with van der Waals surface area (Å²) in [7, 11) is -11.2. The minimum Gasteiger partial charge on any atom is -0.396 e. The van der Waals surface area contributed by atoms with Crippen molar-refractivity contribution in [2.75, 3.05) is 18.9 Å². The molecule has 0 radical (unpaired) electrons. The van der Waals surface area contributed by atoms with Crippen LogP contribution in [0.1, 0.15) is 19.6 Å². The summed E-state index contributed by atoms with van der Waals surface area (Å²) in [6.07, 6.45) is -12.7. The Morgan fingerprint density at radius 1 is 1.05 bits per heavy atom. The summed E-state index contributed by atoms with van der Waals surface area (Å²) in [6.45, 7) is 0.0707. The summed E-state index contributed by atoms with van der Waals surface area (Å²) in [4.78, 5) is 31.4. The van der Waals surface area contributed by atoms with Crippen LogP contribution in [0.25, 0.3) is 11.2 Å². The van der Waals surface area contributed by atoms with Crippen LogP contribution in [0.4, 0.5) is 5.82 Å². The van der Waals surface area contributed by atoms with Crippen molar-refractivity contribution in [2.24, 2.45) is 5.92 Å². The Hall–Kier alpha value is -1.71. The van der Waals surface area contributed by atoms with Crippen molar-refractivity contribution in [1.29, 1.82) is 0 Å². The minimum atomic E-state index is -5.67. The Balaban J connectivity index is 1.58. The van der Waals surface area contributed by atoms with Gasteiger partial charge < -0.3 is 56.0 Å². The fourth-order valence-corrected chi connectivity index (χ4v) is 5.89. The molecular formula is C18H31N5O15P2. The zero-order chi connectivity index (χ0) is 30.0. The van der Waals surface area contributed by atoms with E-state index in [9.17, 15) is 49.6 Å². The molecule has 3 heterocycles. The maximum absolute atomic E-state index is 12.2. The molecule has 0 aromatic carbocycles. The number of phosphoric acid groups is 2. The van der Waals surface area contributed by atoms with E-state index in [1.165, 1.54) is 17.8 Å². The number of fused-ring (bicyclic) bond motifs is 1. The third-order valence-electron chi connectivity index (χ3n) is 6.01. The van der Waals surface area contributed by atoms with Gasteiger partial charge in [0.1, 0.15) is 42.4 Å². The second kappa shape index (κ2) is 13.1. The van der Waals surface area contributed by atoms with Gasteiger partial charge in [-0.25, -0.2) is 24.1 Å². The number of aliphatic hydroxyl groups excluding tert-OH is 7. The molecule has 22 heteroatoms. The molecule has 11 atom stereocenters. The molecule has 0 bridgehead atoms. The third-order valence-corrected chi connectivity index (χ3v) is 8.62. The first-order chi connectivity index (χ1) is 18.6. The van der Waals surface area contributed by atoms with Crippen LogP contribution in [0.2, 0.25) is 0 Å². The second-order valence-corrected chi connectivity index (χ2v) is 11.9. The average Bonchev–Trinajstić information content (AvgIpc) is 3.42. The maximum atomic E-state index is 12.2. The maximum Gasteiger partial charge on any atom is 0.483 e. The molecule has 0 spiro atoms. The topological polar surface area (TPSA) is 323 Å². The molecule has 40 heavy (non-hydrogen) atoms. The molecule has 11 N–H and O–H groups in total. The van der Waals surface area contributed by atoms with E-state index in [4.69, 9.17) is 15.6 Å². The van der Waals surface area contributed by atoms with E-state index in [1.54, 1.807) is 0 Å². The molecule has 0 amide bonds. The van der Waals surface area contributed by atoms with Gasteiger partial charge in [-0.2, -0.15) is 4.31 Å². The lowest BCUT2D eigenvalue weighted by Crippen LogP contribution is -2.47. The van der Waals surface area contributed by atoms with E-state index in [-0.39, 0.29) is 30.0 Å². The van der Waals surface area contributed by atoms with E-state index in [0.29, 0.717) is 0 Å². The Labute approximate surface area is 225 Å². The minimum absolute atomic E-state index is 0.00757. The zero-order valence-electron chi connectivity index (χ0n) is 20.7. The van der Waals surface area contributed by atoms with Gasteiger partial charge in [0, 0.05) is 6.61 Å². The first-order valence-corrected chi connectivity index (χ1v) is 14.5. The van der Waals surface area contributed by atoms with Crippen LogP contribution in [0.5, 0.6) is 0 Å². The molecular weight excluding hydrogens is 588 g/mol. The normalized spacial score (nSPS) is 28.4. The van der Waals surface area contributed by atoms with E-state index < -0.39 is 77.3 Å². The van der Waals surface area contributed by atoms with Crippen molar-refractivity contribution in [2.45, 2.75) is 62.5 Å². The fourth-order valence-electron chi connectivity index (χ4n) is 3.77. The number of hydrogen-bond donors (Lipinski definition) is 10. The Bertz CT molecular complexity index is 1240. The van der Waals surface area contributed by atoms with Crippen LogP contribution < -0.4 is 5.73 Å². The number of imidazole rings is 1. The lowest BCUT2D eigenvalue weighted by Gasteiger charge is -2.30. The predicted octanol–water partition coefficient (Wildman–Crippen LogP) is -3.30. The van der Waals surface area contributed by atoms with Gasteiger partial charge in [0.25, 0.3) is 0 Å². The molecule has 1 saturated heterocycles. The van der Waals surface area contributed by atoms with Gasteiger partial charge in [-0.3, -0.25) is 13.6 Å². The van der Waals surface area contributed by atoms with E-state index in [2.05, 4.69) is 28.3 Å². The quantitative estimate of drug-likeness (QED) is 0.0731. The van der Waals surface area contributed by atoms with E-state index in [0.717, 1.165) is 6.33 Å². The standard InChI is InChI=1S/C18H31N5O15P2/c1-7(2-3-24)10(25)12(27)14(29)18(30)37-40(33,34)38-39(31,32)35-4-8-11(26)13(28)17(36-8)23-6-22-9-15(19)20-5-21-16(9)23/h5-8,10-14,17-18,24-30H,2-4H2,1H3,(H,31,32)(H,33,34)(H2,19,20,21). The highest BCUT2D eigenvalue weighted by Crippen LogP contribution is 2.61. The monoisotopic (exact) mass is 619 g/mol. The molecule has 3 rings (SSSR count). The largest absolute Gasteiger partial charge is 0.483 e. The number of hydrogen-bond acceptors (Lipinski definition) is 17. The van der Waals surface area contributed by atoms with Gasteiger partial charge in [-0.05, 0) is 12.3 Å². The highest BCUT2D eigenvalue weighted by atomic mass is 31.3. The number of ether oxygens (including phenoxy) is 1. The number of rotatable bonds is 14. The number of aliphatic hydroxyl groups is 7. The Morgan fingerprint density at radius 2 is 1.73 bits per heavy atom. The molecule has 1 aliphatic rings. The van der Waals surface area contributed by atoms with Crippen LogP contribution in [0.3, 0.4) is 0 Å². The van der Waals surface area contributed by atoms with Crippen LogP contribution in [0, 0.1) is 5.92 Å². The molecule has 0 aliphatic carbocycles. The van der Waals surface area contributed by atoms with Gasteiger partial charge in [-0.15, -0.1) is 0 Å². The summed E-state index contributed by atoms with van der Waals surface area (Å²) in [5.74, 6) is -0.736. The molecule has 11 unspecified atom stereocenters. The second-order valence-electron chi connectivity index (χ2n) is 8.90. The highest BCUT2D eigenvalue weighted by molar-refractivity contribution is 7.61. The van der Waals surface area contributed by atoms with Crippen molar-refractivity contribution in [1.82, 2.24) is 19.5 Å². The summed E-state index contributed by atoms with van der Waals surface area (Å²) in [5, 5.41) is 69.3. The van der Waals surface area contributed by atoms with Crippen LogP contribution in [-0.2, 0) is 27.2 Å². The summed E-state index contributed by atoms with van der Waals surface area (Å²) in [5.41, 5.74) is 6.03. The van der Waals surface area contributed by atoms with Gasteiger partial charge >= 0.3 is 15.6 Å². The molecule has 1 aliphatic heterocycles. The third kappa shape index (κ3) is 7.57. The van der Waals surface area contributed by atoms with Crippen LogP contribution in [-0.4, -0.2) is 121 Å². The number of aromatic nitrogens is 4. The van der Waals surface area contributed by atoms with Crippen molar-refractivity contribution in [3.63, 3.8) is 0 Å². The summed E-state index contributed by atoms with van der Waals surface area (Å²) < 4.78 is 43.9. The molecule has 228 valence electrons. The lowest BCUT2D eigenvalue weighted by atomic mass is 9.94. The highest BCUT2D eigenvalue weighted by Gasteiger charge is 2.47. The molecule has 2 aromatic rings. The fraction of sp³-hybridized carbons (Fsp3) is 0.722. The van der Waals surface area contributed by atoms with Crippen molar-refractivity contribution >= 4 is 32.6 Å². The molecule has 0 saturated carbocycles. The number of nitrogens with two attached hydrogens (primary N) is 1. The number of nitrogen functional groups attached to an aromatic ring is 1. The molecule has 1 fully saturated rings. The first kappa shape index (κ1) is 32.8. The van der Waals surface area contributed by atoms with Gasteiger partial charge in [-0.1, -0.05) is 6.92 Å². The summed E-state index contributed by atoms with van der Waals surface area (Å²) >= 11 is 0. The predicted molar refractivity (Wildman–Crippen MR) is 128 cm³/mol. The summed E-state index contributed by atoms with van der Waals surface area (Å²) in [6, 6.07) is 0. The zero-order valence-corrected chi connectivity index (χ0v) is 22.5. The Kier molecular flexibility index (Phi) is 10.7.